The molecule has 1 unspecified atom stereocenters. The highest BCUT2D eigenvalue weighted by Gasteiger charge is 2.32. The molecule has 1 aliphatic heterocycles. The van der Waals surface area contributed by atoms with Crippen LogP contribution in [0, 0.1) is 11.8 Å². The van der Waals surface area contributed by atoms with Crippen molar-refractivity contribution in [2.45, 2.75) is 46.8 Å². The predicted octanol–water partition coefficient (Wildman–Crippen LogP) is 6.22. The van der Waals surface area contributed by atoms with E-state index in [2.05, 4.69) is 29.8 Å². The summed E-state index contributed by atoms with van der Waals surface area (Å²) in [7, 11) is 1.77. The zero-order valence-electron chi connectivity index (χ0n) is 21.8. The number of halogens is 1. The lowest BCUT2D eigenvalue weighted by Crippen LogP contribution is -2.49. The van der Waals surface area contributed by atoms with Gasteiger partial charge < -0.3 is 14.6 Å². The summed E-state index contributed by atoms with van der Waals surface area (Å²) in [6, 6.07) is 13.9. The number of hydrogen-bond donors (Lipinski definition) is 1. The lowest BCUT2D eigenvalue weighted by atomic mass is 9.90. The van der Waals surface area contributed by atoms with Gasteiger partial charge in [0.2, 0.25) is 0 Å². The Bertz CT molecular complexity index is 1090. The Morgan fingerprint density at radius 2 is 1.89 bits per heavy atom. The Balaban J connectivity index is 1.65. The highest BCUT2D eigenvalue weighted by atomic mass is 35.5. The molecule has 0 radical (unpaired) electrons. The van der Waals surface area contributed by atoms with Crippen LogP contribution >= 0.6 is 11.6 Å². The third kappa shape index (κ3) is 7.58. The van der Waals surface area contributed by atoms with Crippen LogP contribution in [0.2, 0.25) is 5.02 Å². The molecule has 36 heavy (non-hydrogen) atoms. The molecule has 1 saturated heterocycles. The maximum atomic E-state index is 11.0. The second-order valence-corrected chi connectivity index (χ2v) is 10.0. The maximum absolute atomic E-state index is 11.0. The van der Waals surface area contributed by atoms with Gasteiger partial charge in [-0.25, -0.2) is 0 Å². The second kappa shape index (κ2) is 12.9. The number of carboxylic acids is 1. The van der Waals surface area contributed by atoms with Crippen molar-refractivity contribution in [1.82, 2.24) is 4.90 Å². The van der Waals surface area contributed by atoms with Crippen LogP contribution in [0.3, 0.4) is 0 Å². The smallest absolute Gasteiger partial charge is 0.309 e. The summed E-state index contributed by atoms with van der Waals surface area (Å²) in [6.45, 7) is 10.6. The summed E-state index contributed by atoms with van der Waals surface area (Å²) in [5, 5.41) is 9.62. The van der Waals surface area contributed by atoms with E-state index in [0.717, 1.165) is 41.1 Å². The Morgan fingerprint density at radius 3 is 2.44 bits per heavy atom. The normalized spacial score (nSPS) is 16.1. The molecule has 7 heteroatoms. The molecule has 6 nitrogen and oxygen atoms in total. The van der Waals surface area contributed by atoms with Gasteiger partial charge in [-0.1, -0.05) is 43.6 Å². The number of carbonyl (C=O) groups is 1. The lowest BCUT2D eigenvalue weighted by molar-refractivity contribution is -0.147. The summed E-state index contributed by atoms with van der Waals surface area (Å²) in [6.07, 6.45) is 3.14. The van der Waals surface area contributed by atoms with Gasteiger partial charge in [-0.3, -0.25) is 14.7 Å². The highest BCUT2D eigenvalue weighted by molar-refractivity contribution is 6.32. The molecule has 1 aliphatic rings. The van der Waals surface area contributed by atoms with Crippen molar-refractivity contribution in [1.29, 1.82) is 0 Å². The average Bonchev–Trinajstić information content (AvgIpc) is 2.82. The molecule has 1 N–H and O–H groups in total. The van der Waals surface area contributed by atoms with Gasteiger partial charge in [-0.05, 0) is 73.2 Å². The summed E-state index contributed by atoms with van der Waals surface area (Å²) < 4.78 is 11.8. The average molecular weight is 513 g/mol. The number of rotatable bonds is 12. The van der Waals surface area contributed by atoms with Gasteiger partial charge in [0.15, 0.2) is 0 Å². The van der Waals surface area contributed by atoms with E-state index in [-0.39, 0.29) is 12.0 Å². The SMILES string of the molecule is CCC(C)/C(=C\C(COc1ccc(CN2CC(C(=O)O)C2)cc1)=NC)c1ccc(OC(C)C)c(Cl)c1. The van der Waals surface area contributed by atoms with E-state index < -0.39 is 5.97 Å². The largest absolute Gasteiger partial charge is 0.489 e. The molecule has 3 rings (SSSR count). The summed E-state index contributed by atoms with van der Waals surface area (Å²) in [4.78, 5) is 17.6. The number of hydrogen-bond acceptors (Lipinski definition) is 5. The van der Waals surface area contributed by atoms with E-state index in [1.807, 2.05) is 56.3 Å². The van der Waals surface area contributed by atoms with Gasteiger partial charge in [0.05, 0.1) is 22.8 Å². The third-order valence-corrected chi connectivity index (χ3v) is 6.70. The fraction of sp³-hybridized carbons (Fsp3) is 0.448. The third-order valence-electron chi connectivity index (χ3n) is 6.40. The molecule has 0 amide bonds. The number of likely N-dealkylation sites (tertiary alicyclic amines) is 1. The summed E-state index contributed by atoms with van der Waals surface area (Å²) in [5.74, 6) is 0.815. The molecule has 0 saturated carbocycles. The van der Waals surface area contributed by atoms with Crippen molar-refractivity contribution in [2.24, 2.45) is 16.8 Å². The number of nitrogens with zero attached hydrogens (tertiary/aromatic N) is 2. The topological polar surface area (TPSA) is 71.4 Å². The predicted molar refractivity (Wildman–Crippen MR) is 146 cm³/mol. The Labute approximate surface area is 219 Å². The molecule has 0 aliphatic carbocycles. The van der Waals surface area contributed by atoms with Crippen LogP contribution in [-0.4, -0.2) is 54.5 Å². The van der Waals surface area contributed by atoms with Crippen molar-refractivity contribution in [3.8, 4) is 11.5 Å². The van der Waals surface area contributed by atoms with Gasteiger partial charge >= 0.3 is 5.97 Å². The number of benzene rings is 2. The molecule has 2 aromatic rings. The summed E-state index contributed by atoms with van der Waals surface area (Å²) in [5.41, 5.74) is 4.18. The Kier molecular flexibility index (Phi) is 9.97. The van der Waals surface area contributed by atoms with E-state index in [9.17, 15) is 4.79 Å². The quantitative estimate of drug-likeness (QED) is 0.342. The molecule has 194 valence electrons. The minimum atomic E-state index is -0.714. The molecule has 0 bridgehead atoms. The van der Waals surface area contributed by atoms with Crippen LogP contribution in [-0.2, 0) is 11.3 Å². The zero-order valence-corrected chi connectivity index (χ0v) is 22.6. The molecular weight excluding hydrogens is 476 g/mol. The molecular formula is C29H37ClN2O4. The van der Waals surface area contributed by atoms with E-state index in [1.54, 1.807) is 7.05 Å². The summed E-state index contributed by atoms with van der Waals surface area (Å²) >= 11 is 6.52. The number of ether oxygens (including phenoxy) is 2. The first-order valence-corrected chi connectivity index (χ1v) is 12.9. The zero-order chi connectivity index (χ0) is 26.2. The first kappa shape index (κ1) is 27.8. The second-order valence-electron chi connectivity index (χ2n) is 9.60. The number of allylic oxidation sites excluding steroid dienone is 1. The number of aliphatic carboxylic acids is 1. The van der Waals surface area contributed by atoms with Crippen LogP contribution in [0.15, 0.2) is 53.5 Å². The van der Waals surface area contributed by atoms with Crippen LogP contribution in [0.25, 0.3) is 5.57 Å². The van der Waals surface area contributed by atoms with Gasteiger partial charge in [0.1, 0.15) is 18.1 Å². The van der Waals surface area contributed by atoms with E-state index in [1.165, 1.54) is 0 Å². The van der Waals surface area contributed by atoms with Crippen LogP contribution < -0.4 is 9.47 Å². The van der Waals surface area contributed by atoms with Gasteiger partial charge in [0.25, 0.3) is 0 Å². The van der Waals surface area contributed by atoms with Crippen LogP contribution in [0.5, 0.6) is 11.5 Å². The van der Waals surface area contributed by atoms with E-state index in [0.29, 0.717) is 36.4 Å². The fourth-order valence-corrected chi connectivity index (χ4v) is 4.30. The van der Waals surface area contributed by atoms with E-state index >= 15 is 0 Å². The minimum Gasteiger partial charge on any atom is -0.489 e. The van der Waals surface area contributed by atoms with Crippen molar-refractivity contribution in [3.05, 3.63) is 64.7 Å². The number of carboxylic acid groups (broad SMARTS) is 1. The van der Waals surface area contributed by atoms with Crippen molar-refractivity contribution < 1.29 is 19.4 Å². The fourth-order valence-electron chi connectivity index (χ4n) is 4.07. The van der Waals surface area contributed by atoms with Crippen molar-refractivity contribution >= 4 is 28.9 Å². The first-order chi connectivity index (χ1) is 17.2. The highest BCUT2D eigenvalue weighted by Crippen LogP contribution is 2.33. The first-order valence-electron chi connectivity index (χ1n) is 12.5. The Morgan fingerprint density at radius 1 is 1.19 bits per heavy atom. The monoisotopic (exact) mass is 512 g/mol. The number of aliphatic imine (C=N–C) groups is 1. The molecule has 1 heterocycles. The van der Waals surface area contributed by atoms with Gasteiger partial charge in [0, 0.05) is 26.7 Å². The van der Waals surface area contributed by atoms with Gasteiger partial charge in [-0.15, -0.1) is 0 Å². The molecule has 0 aromatic heterocycles. The molecule has 1 fully saturated rings. The van der Waals surface area contributed by atoms with E-state index in [4.69, 9.17) is 26.2 Å². The van der Waals surface area contributed by atoms with Gasteiger partial charge in [-0.2, -0.15) is 0 Å². The molecule has 1 atom stereocenters. The lowest BCUT2D eigenvalue weighted by Gasteiger charge is -2.36. The Hall–Kier alpha value is -2.83. The van der Waals surface area contributed by atoms with Crippen molar-refractivity contribution in [2.75, 3.05) is 26.7 Å². The van der Waals surface area contributed by atoms with Crippen LogP contribution in [0.1, 0.15) is 45.2 Å². The molecule has 0 spiro atoms. The van der Waals surface area contributed by atoms with Crippen molar-refractivity contribution in [3.63, 3.8) is 0 Å². The molecule has 2 aromatic carbocycles. The maximum Gasteiger partial charge on any atom is 0.309 e. The van der Waals surface area contributed by atoms with Crippen LogP contribution in [0.4, 0.5) is 0 Å². The standard InChI is InChI=1S/C29H37ClN2O4/c1-6-20(4)26(22-9-12-28(27(30)13-22)36-19(2)3)14-24(31-5)18-35-25-10-7-21(8-11-25)15-32-16-23(17-32)29(33)34/h7-14,19-20,23H,6,15-18H2,1-5H3,(H,33,34)/b26-14+,31-24?. The minimum absolute atomic E-state index is 0.0583.